The van der Waals surface area contributed by atoms with Crippen LogP contribution >= 0.6 is 11.8 Å². The Morgan fingerprint density at radius 2 is 2.47 bits per heavy atom. The summed E-state index contributed by atoms with van der Waals surface area (Å²) in [7, 11) is 1.98. The molecule has 0 bridgehead atoms. The summed E-state index contributed by atoms with van der Waals surface area (Å²) in [5.41, 5.74) is 0. The van der Waals surface area contributed by atoms with Gasteiger partial charge in [0.2, 0.25) is 5.91 Å². The summed E-state index contributed by atoms with van der Waals surface area (Å²) in [6.45, 7) is 1.77. The van der Waals surface area contributed by atoms with Crippen LogP contribution in [0.4, 0.5) is 0 Å². The molecule has 0 aromatic carbocycles. The SMILES string of the molecule is Cn1ccnc1SCCN1CCCC1=O. The van der Waals surface area contributed by atoms with Gasteiger partial charge in [0.15, 0.2) is 5.16 Å². The number of aryl methyl sites for hydroxylation is 1. The Morgan fingerprint density at radius 3 is 3.07 bits per heavy atom. The average Bonchev–Trinajstić information content (AvgIpc) is 2.78. The number of hydrogen-bond acceptors (Lipinski definition) is 3. The summed E-state index contributed by atoms with van der Waals surface area (Å²) in [5.74, 6) is 1.23. The molecule has 0 spiro atoms. The molecular formula is C10H15N3OS. The number of carbonyl (C=O) groups is 1. The van der Waals surface area contributed by atoms with Gasteiger partial charge in [0, 0.05) is 44.7 Å². The normalized spacial score (nSPS) is 16.3. The van der Waals surface area contributed by atoms with Crippen LogP contribution in [-0.2, 0) is 11.8 Å². The lowest BCUT2D eigenvalue weighted by Gasteiger charge is -2.14. The average molecular weight is 225 g/mol. The van der Waals surface area contributed by atoms with Crippen molar-refractivity contribution in [2.45, 2.75) is 18.0 Å². The zero-order valence-electron chi connectivity index (χ0n) is 8.85. The van der Waals surface area contributed by atoms with Crippen molar-refractivity contribution in [3.8, 4) is 0 Å². The van der Waals surface area contributed by atoms with E-state index in [0.717, 1.165) is 36.8 Å². The predicted octanol–water partition coefficient (Wildman–Crippen LogP) is 1.13. The lowest BCUT2D eigenvalue weighted by Crippen LogP contribution is -2.26. The van der Waals surface area contributed by atoms with E-state index in [0.29, 0.717) is 5.91 Å². The first-order chi connectivity index (χ1) is 7.27. The molecule has 82 valence electrons. The standard InChI is InChI=1S/C10H15N3OS/c1-12-6-4-11-10(12)15-8-7-13-5-2-3-9(13)14/h4,6H,2-3,5,7-8H2,1H3. The number of aromatic nitrogens is 2. The number of likely N-dealkylation sites (tertiary alicyclic amines) is 1. The van der Waals surface area contributed by atoms with E-state index in [-0.39, 0.29) is 0 Å². The van der Waals surface area contributed by atoms with Crippen molar-refractivity contribution in [1.29, 1.82) is 0 Å². The first kappa shape index (κ1) is 10.5. The Hall–Kier alpha value is -0.970. The predicted molar refractivity (Wildman–Crippen MR) is 59.7 cm³/mol. The van der Waals surface area contributed by atoms with Gasteiger partial charge in [0.25, 0.3) is 0 Å². The highest BCUT2D eigenvalue weighted by Gasteiger charge is 2.19. The van der Waals surface area contributed by atoms with E-state index in [2.05, 4.69) is 4.98 Å². The summed E-state index contributed by atoms with van der Waals surface area (Å²) in [5, 5.41) is 1.02. The van der Waals surface area contributed by atoms with Crippen LogP contribution in [0.1, 0.15) is 12.8 Å². The zero-order chi connectivity index (χ0) is 10.7. The lowest BCUT2D eigenvalue weighted by molar-refractivity contribution is -0.127. The fraction of sp³-hybridized carbons (Fsp3) is 0.600. The quantitative estimate of drug-likeness (QED) is 0.721. The van der Waals surface area contributed by atoms with E-state index < -0.39 is 0 Å². The van der Waals surface area contributed by atoms with E-state index in [1.54, 1.807) is 18.0 Å². The van der Waals surface area contributed by atoms with Crippen molar-refractivity contribution in [1.82, 2.24) is 14.5 Å². The van der Waals surface area contributed by atoms with Crippen molar-refractivity contribution < 1.29 is 4.79 Å². The number of thioether (sulfide) groups is 1. The minimum Gasteiger partial charge on any atom is -0.342 e. The van der Waals surface area contributed by atoms with Gasteiger partial charge < -0.3 is 9.47 Å². The van der Waals surface area contributed by atoms with E-state index in [9.17, 15) is 4.79 Å². The molecule has 1 aliphatic rings. The fourth-order valence-electron chi connectivity index (χ4n) is 1.68. The Balaban J connectivity index is 1.75. The Labute approximate surface area is 93.7 Å². The van der Waals surface area contributed by atoms with Gasteiger partial charge in [-0.05, 0) is 6.42 Å². The van der Waals surface area contributed by atoms with Crippen molar-refractivity contribution in [3.05, 3.63) is 12.4 Å². The van der Waals surface area contributed by atoms with Crippen molar-refractivity contribution in [2.24, 2.45) is 7.05 Å². The van der Waals surface area contributed by atoms with Crippen molar-refractivity contribution in [2.75, 3.05) is 18.8 Å². The molecular weight excluding hydrogens is 210 g/mol. The molecule has 1 fully saturated rings. The van der Waals surface area contributed by atoms with Gasteiger partial charge in [-0.25, -0.2) is 4.98 Å². The molecule has 0 aliphatic carbocycles. The maximum absolute atomic E-state index is 11.3. The van der Waals surface area contributed by atoms with Crippen LogP contribution in [0.2, 0.25) is 0 Å². The summed E-state index contributed by atoms with van der Waals surface area (Å²) < 4.78 is 2.00. The second-order valence-electron chi connectivity index (χ2n) is 3.65. The molecule has 1 aromatic heterocycles. The molecule has 0 N–H and O–H groups in total. The highest BCUT2D eigenvalue weighted by atomic mass is 32.2. The molecule has 0 radical (unpaired) electrons. The van der Waals surface area contributed by atoms with Gasteiger partial charge in [-0.1, -0.05) is 11.8 Å². The molecule has 1 aromatic rings. The topological polar surface area (TPSA) is 38.1 Å². The molecule has 15 heavy (non-hydrogen) atoms. The van der Waals surface area contributed by atoms with Gasteiger partial charge in [0.1, 0.15) is 0 Å². The summed E-state index contributed by atoms with van der Waals surface area (Å²) in [4.78, 5) is 17.5. The van der Waals surface area contributed by atoms with Gasteiger partial charge in [-0.2, -0.15) is 0 Å². The fourth-order valence-corrected chi connectivity index (χ4v) is 2.57. The van der Waals surface area contributed by atoms with Crippen molar-refractivity contribution in [3.63, 3.8) is 0 Å². The van der Waals surface area contributed by atoms with E-state index in [1.807, 2.05) is 22.7 Å². The molecule has 1 saturated heterocycles. The van der Waals surface area contributed by atoms with Crippen molar-refractivity contribution >= 4 is 17.7 Å². The number of carbonyl (C=O) groups excluding carboxylic acids is 1. The zero-order valence-corrected chi connectivity index (χ0v) is 9.66. The molecule has 1 amide bonds. The summed E-state index contributed by atoms with van der Waals surface area (Å²) in [6, 6.07) is 0. The third-order valence-electron chi connectivity index (χ3n) is 2.54. The van der Waals surface area contributed by atoms with Crippen LogP contribution in [-0.4, -0.2) is 39.2 Å². The van der Waals surface area contributed by atoms with Crippen LogP contribution in [0.15, 0.2) is 17.6 Å². The summed E-state index contributed by atoms with van der Waals surface area (Å²) in [6.07, 6.45) is 5.48. The van der Waals surface area contributed by atoms with Crippen LogP contribution in [0.25, 0.3) is 0 Å². The van der Waals surface area contributed by atoms with Gasteiger partial charge >= 0.3 is 0 Å². The van der Waals surface area contributed by atoms with E-state index >= 15 is 0 Å². The number of hydrogen-bond donors (Lipinski definition) is 0. The smallest absolute Gasteiger partial charge is 0.222 e. The second-order valence-corrected chi connectivity index (χ2v) is 4.72. The first-order valence-electron chi connectivity index (χ1n) is 5.15. The summed E-state index contributed by atoms with van der Waals surface area (Å²) >= 11 is 1.70. The van der Waals surface area contributed by atoms with Gasteiger partial charge in [-0.3, -0.25) is 4.79 Å². The van der Waals surface area contributed by atoms with Gasteiger partial charge in [0.05, 0.1) is 0 Å². The minimum absolute atomic E-state index is 0.301. The molecule has 4 nitrogen and oxygen atoms in total. The second kappa shape index (κ2) is 4.70. The highest BCUT2D eigenvalue weighted by Crippen LogP contribution is 2.16. The van der Waals surface area contributed by atoms with E-state index in [4.69, 9.17) is 0 Å². The molecule has 0 saturated carbocycles. The van der Waals surface area contributed by atoms with Crippen LogP contribution < -0.4 is 0 Å². The number of nitrogens with zero attached hydrogens (tertiary/aromatic N) is 3. The molecule has 2 rings (SSSR count). The molecule has 0 atom stereocenters. The molecule has 1 aliphatic heterocycles. The minimum atomic E-state index is 0.301. The third kappa shape index (κ3) is 2.53. The monoisotopic (exact) mass is 225 g/mol. The van der Waals surface area contributed by atoms with Gasteiger partial charge in [-0.15, -0.1) is 0 Å². The van der Waals surface area contributed by atoms with Crippen LogP contribution in [0.5, 0.6) is 0 Å². The third-order valence-corrected chi connectivity index (χ3v) is 3.58. The molecule has 5 heteroatoms. The Kier molecular flexibility index (Phi) is 3.30. The molecule has 2 heterocycles. The number of imidazole rings is 1. The maximum Gasteiger partial charge on any atom is 0.222 e. The first-order valence-corrected chi connectivity index (χ1v) is 6.14. The van der Waals surface area contributed by atoms with Crippen LogP contribution in [0, 0.1) is 0 Å². The Morgan fingerprint density at radius 1 is 1.60 bits per heavy atom. The van der Waals surface area contributed by atoms with E-state index in [1.165, 1.54) is 0 Å². The lowest BCUT2D eigenvalue weighted by atomic mass is 10.4. The van der Waals surface area contributed by atoms with Crippen LogP contribution in [0.3, 0.4) is 0 Å². The Bertz CT molecular complexity index is 350. The largest absolute Gasteiger partial charge is 0.342 e. The number of amides is 1. The maximum atomic E-state index is 11.3. The number of rotatable bonds is 4. The highest BCUT2D eigenvalue weighted by molar-refractivity contribution is 7.99. The molecule has 0 unspecified atom stereocenters.